The van der Waals surface area contributed by atoms with Crippen molar-refractivity contribution in [2.24, 2.45) is 10.7 Å². The van der Waals surface area contributed by atoms with E-state index in [2.05, 4.69) is 20.0 Å². The van der Waals surface area contributed by atoms with Crippen LogP contribution in [-0.2, 0) is 19.6 Å². The number of nitrogens with two attached hydrogens (primary N) is 1. The number of ether oxygens (including phenoxy) is 1. The molecule has 5 N–H and O–H groups in total. The summed E-state index contributed by atoms with van der Waals surface area (Å²) in [5.41, 5.74) is 6.26. The first-order valence-corrected chi connectivity index (χ1v) is 11.5. The van der Waals surface area contributed by atoms with E-state index in [4.69, 9.17) is 15.6 Å². The van der Waals surface area contributed by atoms with Crippen LogP contribution in [-0.4, -0.2) is 74.1 Å². The fraction of sp³-hybridized carbons (Fsp3) is 0.294. The molecule has 172 valence electrons. The Morgan fingerprint density at radius 2 is 2.06 bits per heavy atom. The number of nitrogens with zero attached hydrogens (tertiary/aromatic N) is 3. The van der Waals surface area contributed by atoms with Crippen molar-refractivity contribution in [3.63, 3.8) is 0 Å². The van der Waals surface area contributed by atoms with E-state index in [1.165, 1.54) is 0 Å². The minimum atomic E-state index is -4.29. The summed E-state index contributed by atoms with van der Waals surface area (Å²) in [6, 6.07) is 2.83. The highest BCUT2D eigenvalue weighted by atomic mass is 32.2. The second kappa shape index (κ2) is 9.88. The largest absolute Gasteiger partial charge is 0.476 e. The number of hydrogen-bond acceptors (Lipinski definition) is 8. The van der Waals surface area contributed by atoms with Gasteiger partial charge < -0.3 is 25.8 Å². The Kier molecular flexibility index (Phi) is 7.22. The van der Waals surface area contributed by atoms with Gasteiger partial charge in [0.1, 0.15) is 17.4 Å². The van der Waals surface area contributed by atoms with Crippen molar-refractivity contribution in [3.8, 4) is 0 Å². The molecule has 1 amide bonds. The molecule has 1 saturated heterocycles. The second-order valence-electron chi connectivity index (χ2n) is 6.40. The molecule has 0 radical (unpaired) electrons. The summed E-state index contributed by atoms with van der Waals surface area (Å²) >= 11 is 0.767. The fourth-order valence-electron chi connectivity index (χ4n) is 2.65. The molecule has 0 spiro atoms. The van der Waals surface area contributed by atoms with Crippen LogP contribution >= 0.6 is 11.3 Å². The molecule has 0 saturated carbocycles. The van der Waals surface area contributed by atoms with Gasteiger partial charge in [-0.2, -0.15) is 0 Å². The number of carbonyl (C=O) groups excluding carboxylic acids is 1. The summed E-state index contributed by atoms with van der Waals surface area (Å²) in [6.07, 6.45) is 0. The molecule has 1 fully saturated rings. The Balaban J connectivity index is 1.66. The molecule has 3 rings (SSSR count). The quantitative estimate of drug-likeness (QED) is 0.318. The standard InChI is InChI=1S/C17H19FN6O6S2/c18-11-7-10(32(28,29)23-15-14(16(26)27)21-9-31-15)1-2-12(11)22-13(25)8-20-17(19)24-3-5-30-6-4-24/h1-2,7,9,23H,3-6,8H2,(H2,19,20)(H,22,25)(H,26,27). The number of morpholine rings is 1. The van der Waals surface area contributed by atoms with Crippen LogP contribution in [0.5, 0.6) is 0 Å². The number of benzene rings is 1. The van der Waals surface area contributed by atoms with Crippen LogP contribution in [0.1, 0.15) is 10.5 Å². The van der Waals surface area contributed by atoms with Gasteiger partial charge in [-0.3, -0.25) is 9.52 Å². The van der Waals surface area contributed by atoms with Crippen molar-refractivity contribution in [2.75, 3.05) is 42.9 Å². The number of thiazole rings is 1. The number of hydrogen-bond donors (Lipinski definition) is 4. The molecular weight excluding hydrogens is 467 g/mol. The van der Waals surface area contributed by atoms with Crippen LogP contribution in [0.3, 0.4) is 0 Å². The van der Waals surface area contributed by atoms with Crippen molar-refractivity contribution in [1.29, 1.82) is 0 Å². The van der Waals surface area contributed by atoms with Crippen LogP contribution in [0.25, 0.3) is 0 Å². The van der Waals surface area contributed by atoms with E-state index in [0.717, 1.165) is 29.0 Å². The molecule has 0 atom stereocenters. The number of guanidine groups is 1. The maximum Gasteiger partial charge on any atom is 0.357 e. The molecule has 12 nitrogen and oxygen atoms in total. The van der Waals surface area contributed by atoms with E-state index in [1.54, 1.807) is 4.90 Å². The van der Waals surface area contributed by atoms with Crippen molar-refractivity contribution in [1.82, 2.24) is 9.88 Å². The average Bonchev–Trinajstić information content (AvgIpc) is 3.21. The normalized spacial score (nSPS) is 14.8. The second-order valence-corrected chi connectivity index (χ2v) is 8.94. The highest BCUT2D eigenvalue weighted by Gasteiger charge is 2.22. The van der Waals surface area contributed by atoms with Crippen molar-refractivity contribution >= 4 is 49.9 Å². The van der Waals surface area contributed by atoms with E-state index >= 15 is 0 Å². The molecule has 1 aromatic heterocycles. The van der Waals surface area contributed by atoms with Crippen LogP contribution in [0, 0.1) is 5.82 Å². The zero-order chi connectivity index (χ0) is 23.3. The number of carboxylic acids is 1. The van der Waals surface area contributed by atoms with Crippen LogP contribution in [0.4, 0.5) is 15.1 Å². The minimum absolute atomic E-state index is 0.167. The summed E-state index contributed by atoms with van der Waals surface area (Å²) in [5, 5.41) is 11.1. The molecule has 0 bridgehead atoms. The smallest absolute Gasteiger partial charge is 0.357 e. The van der Waals surface area contributed by atoms with Gasteiger partial charge in [0.25, 0.3) is 10.0 Å². The van der Waals surface area contributed by atoms with Gasteiger partial charge in [0, 0.05) is 13.1 Å². The molecule has 1 aromatic carbocycles. The Morgan fingerprint density at radius 1 is 1.34 bits per heavy atom. The molecule has 32 heavy (non-hydrogen) atoms. The number of halogens is 1. The highest BCUT2D eigenvalue weighted by Crippen LogP contribution is 2.25. The number of rotatable bonds is 7. The summed E-state index contributed by atoms with van der Waals surface area (Å²) < 4.78 is 46.6. The van der Waals surface area contributed by atoms with Gasteiger partial charge in [-0.15, -0.1) is 11.3 Å². The van der Waals surface area contributed by atoms with Crippen LogP contribution in [0.15, 0.2) is 33.6 Å². The third-order valence-corrected chi connectivity index (χ3v) is 6.46. The van der Waals surface area contributed by atoms with E-state index in [9.17, 15) is 22.4 Å². The predicted molar refractivity (Wildman–Crippen MR) is 114 cm³/mol. The molecule has 0 unspecified atom stereocenters. The van der Waals surface area contributed by atoms with E-state index < -0.39 is 38.3 Å². The lowest BCUT2D eigenvalue weighted by atomic mass is 10.3. The number of aliphatic imine (C=N–C) groups is 1. The van der Waals surface area contributed by atoms with Gasteiger partial charge in [-0.1, -0.05) is 0 Å². The van der Waals surface area contributed by atoms with Gasteiger partial charge in [-0.05, 0) is 18.2 Å². The Bertz CT molecular complexity index is 1150. The lowest BCUT2D eigenvalue weighted by Gasteiger charge is -2.27. The monoisotopic (exact) mass is 486 g/mol. The Morgan fingerprint density at radius 3 is 2.72 bits per heavy atom. The molecule has 15 heteroatoms. The van der Waals surface area contributed by atoms with Crippen LogP contribution in [0.2, 0.25) is 0 Å². The molecular formula is C17H19FN6O6S2. The summed E-state index contributed by atoms with van der Waals surface area (Å²) in [5.74, 6) is -2.90. The molecule has 2 aromatic rings. The van der Waals surface area contributed by atoms with Gasteiger partial charge in [0.15, 0.2) is 11.7 Å². The van der Waals surface area contributed by atoms with Crippen LogP contribution < -0.4 is 15.8 Å². The van der Waals surface area contributed by atoms with Crippen molar-refractivity contribution in [3.05, 3.63) is 35.2 Å². The maximum atomic E-state index is 14.4. The van der Waals surface area contributed by atoms with E-state index in [-0.39, 0.29) is 23.2 Å². The number of amides is 1. The lowest BCUT2D eigenvalue weighted by Crippen LogP contribution is -2.45. The highest BCUT2D eigenvalue weighted by molar-refractivity contribution is 7.93. The zero-order valence-corrected chi connectivity index (χ0v) is 18.1. The van der Waals surface area contributed by atoms with Crippen molar-refractivity contribution < 1.29 is 32.2 Å². The molecule has 0 aliphatic carbocycles. The predicted octanol–water partition coefficient (Wildman–Crippen LogP) is 0.367. The topological polar surface area (TPSA) is 176 Å². The Labute approximate surface area is 186 Å². The van der Waals surface area contributed by atoms with E-state index in [0.29, 0.717) is 32.4 Å². The first-order chi connectivity index (χ1) is 15.2. The number of aromatic nitrogens is 1. The van der Waals surface area contributed by atoms with Gasteiger partial charge in [0.05, 0.1) is 29.3 Å². The number of carbonyl (C=O) groups is 2. The number of sulfonamides is 1. The Hall–Kier alpha value is -3.30. The first kappa shape index (κ1) is 23.4. The molecule has 1 aliphatic heterocycles. The average molecular weight is 487 g/mol. The summed E-state index contributed by atoms with van der Waals surface area (Å²) in [4.78, 5) is 32.0. The molecule has 2 heterocycles. The number of nitrogens with one attached hydrogen (secondary N) is 2. The third kappa shape index (κ3) is 5.68. The van der Waals surface area contributed by atoms with Gasteiger partial charge in [0.2, 0.25) is 5.91 Å². The zero-order valence-electron chi connectivity index (χ0n) is 16.4. The number of aromatic carboxylic acids is 1. The minimum Gasteiger partial charge on any atom is -0.476 e. The number of anilines is 2. The summed E-state index contributed by atoms with van der Waals surface area (Å²) in [7, 11) is -4.29. The first-order valence-electron chi connectivity index (χ1n) is 9.09. The van der Waals surface area contributed by atoms with Gasteiger partial charge >= 0.3 is 5.97 Å². The SMILES string of the molecule is NC(=NCC(=O)Nc1ccc(S(=O)(=O)Nc2scnc2C(=O)O)cc1F)N1CCOCC1. The lowest BCUT2D eigenvalue weighted by molar-refractivity contribution is -0.114. The maximum absolute atomic E-state index is 14.4. The number of carboxylic acid groups (broad SMARTS) is 1. The fourth-order valence-corrected chi connectivity index (χ4v) is 4.65. The van der Waals surface area contributed by atoms with E-state index in [1.807, 2.05) is 0 Å². The third-order valence-electron chi connectivity index (χ3n) is 4.24. The van der Waals surface area contributed by atoms with Crippen molar-refractivity contribution in [2.45, 2.75) is 4.90 Å². The summed E-state index contributed by atoms with van der Waals surface area (Å²) in [6.45, 7) is 1.74. The molecule has 1 aliphatic rings. The van der Waals surface area contributed by atoms with Gasteiger partial charge in [-0.25, -0.2) is 27.6 Å².